The summed E-state index contributed by atoms with van der Waals surface area (Å²) in [6, 6.07) is 6.59. The summed E-state index contributed by atoms with van der Waals surface area (Å²) in [5.74, 6) is 1.13. The van der Waals surface area contributed by atoms with Gasteiger partial charge in [0.05, 0.1) is 13.1 Å². The number of nitrogens with zero attached hydrogens (tertiary/aromatic N) is 3. The predicted octanol–water partition coefficient (Wildman–Crippen LogP) is 2.29. The van der Waals surface area contributed by atoms with Gasteiger partial charge in [0, 0.05) is 17.4 Å². The molecule has 2 aromatic heterocycles. The number of likely N-dealkylation sites (tertiary alicyclic amines) is 1. The molecule has 132 valence electrons. The van der Waals surface area contributed by atoms with Crippen LogP contribution in [-0.2, 0) is 0 Å². The summed E-state index contributed by atoms with van der Waals surface area (Å²) in [5.41, 5.74) is 1.01. The van der Waals surface area contributed by atoms with Crippen LogP contribution >= 0.6 is 11.3 Å². The van der Waals surface area contributed by atoms with Gasteiger partial charge in [-0.05, 0) is 30.7 Å². The maximum absolute atomic E-state index is 13.4. The van der Waals surface area contributed by atoms with E-state index in [0.717, 1.165) is 23.5 Å². The molecule has 5 nitrogen and oxygen atoms in total. The second-order valence-corrected chi connectivity index (χ2v) is 8.25. The third-order valence-electron chi connectivity index (χ3n) is 5.04. The van der Waals surface area contributed by atoms with Crippen molar-refractivity contribution in [3.63, 3.8) is 0 Å². The number of piperidine rings is 1. The molecule has 1 saturated heterocycles. The molecule has 1 aliphatic rings. The van der Waals surface area contributed by atoms with Crippen LogP contribution in [0.2, 0.25) is 0 Å². The largest absolute Gasteiger partial charge is 0.492 e. The van der Waals surface area contributed by atoms with Gasteiger partial charge in [-0.2, -0.15) is 9.61 Å². The maximum atomic E-state index is 13.4. The summed E-state index contributed by atoms with van der Waals surface area (Å²) in [7, 11) is 0. The Morgan fingerprint density at radius 3 is 2.56 bits per heavy atom. The van der Waals surface area contributed by atoms with Crippen molar-refractivity contribution in [1.82, 2.24) is 14.6 Å². The number of halogens is 1. The van der Waals surface area contributed by atoms with E-state index in [4.69, 9.17) is 0 Å². The highest BCUT2D eigenvalue weighted by Gasteiger charge is 2.36. The summed E-state index contributed by atoms with van der Waals surface area (Å²) >= 11 is 1.46. The first-order valence-electron chi connectivity index (χ1n) is 8.64. The van der Waals surface area contributed by atoms with E-state index in [1.165, 1.54) is 45.6 Å². The SMILES string of the molecule is C[C@@H]1C[C@@H](C)C[NH+]([C@@H](c2ccc(F)cc2)c2sc3ncnn3c2O)C1. The van der Waals surface area contributed by atoms with Crippen LogP contribution in [0.15, 0.2) is 30.6 Å². The lowest BCUT2D eigenvalue weighted by atomic mass is 9.89. The topological polar surface area (TPSA) is 54.9 Å². The normalized spacial score (nSPS) is 25.3. The first-order valence-corrected chi connectivity index (χ1v) is 9.46. The number of quaternary nitrogens is 1. The van der Waals surface area contributed by atoms with Crippen molar-refractivity contribution in [2.75, 3.05) is 13.1 Å². The molecule has 1 fully saturated rings. The quantitative estimate of drug-likeness (QED) is 0.753. The van der Waals surface area contributed by atoms with Gasteiger partial charge < -0.3 is 10.0 Å². The molecule has 0 spiro atoms. The minimum absolute atomic E-state index is 0.0423. The second-order valence-electron chi connectivity index (χ2n) is 7.24. The Labute approximate surface area is 149 Å². The van der Waals surface area contributed by atoms with Gasteiger partial charge >= 0.3 is 0 Å². The van der Waals surface area contributed by atoms with E-state index >= 15 is 0 Å². The monoisotopic (exact) mass is 361 g/mol. The highest BCUT2D eigenvalue weighted by Crippen LogP contribution is 2.35. The fourth-order valence-corrected chi connectivity index (χ4v) is 5.29. The molecule has 25 heavy (non-hydrogen) atoms. The van der Waals surface area contributed by atoms with E-state index in [1.807, 2.05) is 12.1 Å². The third kappa shape index (κ3) is 3.02. The number of hydrogen-bond donors (Lipinski definition) is 2. The van der Waals surface area contributed by atoms with E-state index in [-0.39, 0.29) is 17.7 Å². The Balaban J connectivity index is 1.81. The Morgan fingerprint density at radius 2 is 1.92 bits per heavy atom. The molecular formula is C18H22FN4OS+. The van der Waals surface area contributed by atoms with Gasteiger partial charge in [-0.15, -0.1) is 0 Å². The molecule has 0 unspecified atom stereocenters. The van der Waals surface area contributed by atoms with Gasteiger partial charge in [0.2, 0.25) is 10.8 Å². The van der Waals surface area contributed by atoms with Gasteiger partial charge in [0.15, 0.2) is 6.04 Å². The number of hydrogen-bond acceptors (Lipinski definition) is 4. The Hall–Kier alpha value is -1.99. The van der Waals surface area contributed by atoms with Gasteiger partial charge in [-0.25, -0.2) is 9.37 Å². The van der Waals surface area contributed by atoms with Crippen molar-refractivity contribution in [2.45, 2.75) is 26.3 Å². The fraction of sp³-hybridized carbons (Fsp3) is 0.444. The zero-order chi connectivity index (χ0) is 17.6. The first-order chi connectivity index (χ1) is 12.0. The molecule has 3 heterocycles. The van der Waals surface area contributed by atoms with E-state index in [0.29, 0.717) is 16.8 Å². The number of aromatic hydroxyl groups is 1. The lowest BCUT2D eigenvalue weighted by Gasteiger charge is -2.37. The zero-order valence-electron chi connectivity index (χ0n) is 14.3. The molecule has 1 aliphatic heterocycles. The van der Waals surface area contributed by atoms with Crippen molar-refractivity contribution in [2.24, 2.45) is 11.8 Å². The number of nitrogens with one attached hydrogen (secondary N) is 1. The van der Waals surface area contributed by atoms with Crippen molar-refractivity contribution >= 4 is 16.3 Å². The molecule has 0 aliphatic carbocycles. The molecular weight excluding hydrogens is 339 g/mol. The van der Waals surface area contributed by atoms with Crippen LogP contribution in [0.4, 0.5) is 4.39 Å². The Morgan fingerprint density at radius 1 is 1.24 bits per heavy atom. The molecule has 0 radical (unpaired) electrons. The minimum Gasteiger partial charge on any atom is -0.492 e. The third-order valence-corrected chi connectivity index (χ3v) is 6.14. The van der Waals surface area contributed by atoms with E-state index in [9.17, 15) is 9.50 Å². The van der Waals surface area contributed by atoms with Crippen LogP contribution < -0.4 is 4.90 Å². The number of fused-ring (bicyclic) bond motifs is 1. The standard InChI is InChI=1S/C18H21FN4OS/c1-11-7-12(2)9-22(8-11)15(13-3-5-14(19)6-4-13)16-17(24)23-18(25-16)20-10-21-23/h3-6,10-12,15,24H,7-9H2,1-2H3/p+1/t11-,12-,15+/m1/s1. The molecule has 3 aromatic rings. The van der Waals surface area contributed by atoms with E-state index in [1.54, 1.807) is 0 Å². The molecule has 0 amide bonds. The number of aromatic nitrogens is 3. The smallest absolute Gasteiger partial charge is 0.235 e. The number of rotatable bonds is 3. The molecule has 1 aromatic carbocycles. The van der Waals surface area contributed by atoms with Crippen LogP contribution in [0.3, 0.4) is 0 Å². The fourth-order valence-electron chi connectivity index (χ4n) is 4.18. The van der Waals surface area contributed by atoms with Crippen LogP contribution in [-0.4, -0.2) is 32.8 Å². The van der Waals surface area contributed by atoms with Crippen LogP contribution in [0.1, 0.15) is 36.8 Å². The molecule has 0 saturated carbocycles. The van der Waals surface area contributed by atoms with Crippen molar-refractivity contribution in [1.29, 1.82) is 0 Å². The zero-order valence-corrected chi connectivity index (χ0v) is 15.1. The van der Waals surface area contributed by atoms with Crippen LogP contribution in [0, 0.1) is 17.7 Å². The summed E-state index contributed by atoms with van der Waals surface area (Å²) in [5, 5.41) is 14.8. The van der Waals surface area contributed by atoms with Crippen LogP contribution in [0.5, 0.6) is 5.88 Å². The van der Waals surface area contributed by atoms with Gasteiger partial charge in [0.1, 0.15) is 17.0 Å². The molecule has 7 heteroatoms. The van der Waals surface area contributed by atoms with Gasteiger partial charge in [-0.1, -0.05) is 25.2 Å². The number of benzene rings is 1. The highest BCUT2D eigenvalue weighted by molar-refractivity contribution is 7.17. The van der Waals surface area contributed by atoms with E-state index < -0.39 is 0 Å². The predicted molar refractivity (Wildman–Crippen MR) is 94.4 cm³/mol. The summed E-state index contributed by atoms with van der Waals surface area (Å²) in [6.07, 6.45) is 2.67. The maximum Gasteiger partial charge on any atom is 0.235 e. The highest BCUT2D eigenvalue weighted by atomic mass is 32.1. The molecule has 0 bridgehead atoms. The Kier molecular flexibility index (Phi) is 4.21. The molecule has 2 N–H and O–H groups in total. The van der Waals surface area contributed by atoms with Crippen molar-refractivity contribution in [3.05, 3.63) is 46.9 Å². The van der Waals surface area contributed by atoms with Crippen molar-refractivity contribution < 1.29 is 14.4 Å². The summed E-state index contributed by atoms with van der Waals surface area (Å²) < 4.78 is 14.9. The second kappa shape index (κ2) is 6.38. The number of thiazole rings is 1. The van der Waals surface area contributed by atoms with Gasteiger partial charge in [0.25, 0.3) is 0 Å². The van der Waals surface area contributed by atoms with Gasteiger partial charge in [-0.3, -0.25) is 0 Å². The summed E-state index contributed by atoms with van der Waals surface area (Å²) in [4.78, 5) is 7.13. The van der Waals surface area contributed by atoms with E-state index in [2.05, 4.69) is 23.9 Å². The van der Waals surface area contributed by atoms with Crippen molar-refractivity contribution in [3.8, 4) is 5.88 Å². The van der Waals surface area contributed by atoms with Crippen LogP contribution in [0.25, 0.3) is 4.96 Å². The Bertz CT molecular complexity index is 865. The lowest BCUT2D eigenvalue weighted by molar-refractivity contribution is -0.936. The summed E-state index contributed by atoms with van der Waals surface area (Å²) in [6.45, 7) is 6.61. The lowest BCUT2D eigenvalue weighted by Crippen LogP contribution is -3.14. The average molecular weight is 361 g/mol. The average Bonchev–Trinajstić information content (AvgIpc) is 3.13. The molecule has 4 rings (SSSR count). The first kappa shape index (κ1) is 16.5. The minimum atomic E-state index is -0.246. The molecule has 3 atom stereocenters.